The molecule has 0 atom stereocenters. The summed E-state index contributed by atoms with van der Waals surface area (Å²) in [4.78, 5) is 0. The molecule has 2 N–H and O–H groups in total. The van der Waals surface area contributed by atoms with Gasteiger partial charge >= 0.3 is 0 Å². The van der Waals surface area contributed by atoms with Crippen LogP contribution in [0.1, 0.15) is 11.1 Å². The quantitative estimate of drug-likeness (QED) is 0.831. The number of hydrogen-bond donors (Lipinski definition) is 1. The zero-order valence-electron chi connectivity index (χ0n) is 9.40. The van der Waals surface area contributed by atoms with Crippen molar-refractivity contribution in [2.75, 3.05) is 5.73 Å². The molecule has 0 saturated carbocycles. The van der Waals surface area contributed by atoms with Crippen molar-refractivity contribution in [3.63, 3.8) is 0 Å². The largest absolute Gasteiger partial charge is 0.396 e. The van der Waals surface area contributed by atoms with E-state index in [4.69, 9.17) is 5.73 Å². The monoisotopic (exact) mass is 247 g/mol. The van der Waals surface area contributed by atoms with Crippen molar-refractivity contribution in [3.8, 4) is 0 Å². The molecule has 0 bridgehead atoms. The molecule has 0 radical (unpaired) electrons. The van der Waals surface area contributed by atoms with Gasteiger partial charge in [0.15, 0.2) is 0 Å². The second-order valence-electron chi connectivity index (χ2n) is 3.80. The highest BCUT2D eigenvalue weighted by Crippen LogP contribution is 2.22. The smallest absolute Gasteiger partial charge is 0.150 e. The van der Waals surface area contributed by atoms with Crippen LogP contribution < -0.4 is 5.73 Å². The maximum Gasteiger partial charge on any atom is 0.150 e. The van der Waals surface area contributed by atoms with Crippen LogP contribution in [0, 0.1) is 5.82 Å². The molecule has 2 aromatic carbocycles. The molecule has 3 heteroatoms. The molecule has 0 aliphatic heterocycles. The van der Waals surface area contributed by atoms with Crippen LogP contribution in [0.2, 0.25) is 0 Å². The molecule has 0 aromatic heterocycles. The van der Waals surface area contributed by atoms with Crippen LogP contribution in [-0.2, 0) is 11.5 Å². The first-order chi connectivity index (χ1) is 8.27. The molecule has 2 rings (SSSR count). The van der Waals surface area contributed by atoms with E-state index in [0.29, 0.717) is 11.3 Å². The Balaban J connectivity index is 1.93. The van der Waals surface area contributed by atoms with E-state index in [9.17, 15) is 4.39 Å². The minimum atomic E-state index is -0.284. The molecule has 0 fully saturated rings. The third kappa shape index (κ3) is 3.24. The standard InChI is InChI=1S/C14H14FNS/c15-14-12(7-4-8-13(14)16)10-17-9-11-5-2-1-3-6-11/h1-8H,9-10,16H2. The fraction of sp³-hybridized carbons (Fsp3) is 0.143. The molecule has 88 valence electrons. The number of anilines is 1. The summed E-state index contributed by atoms with van der Waals surface area (Å²) >= 11 is 1.69. The second kappa shape index (κ2) is 5.73. The second-order valence-corrected chi connectivity index (χ2v) is 4.78. The van der Waals surface area contributed by atoms with Crippen LogP contribution in [0.3, 0.4) is 0 Å². The van der Waals surface area contributed by atoms with E-state index < -0.39 is 0 Å². The van der Waals surface area contributed by atoms with Crippen LogP contribution in [0.15, 0.2) is 48.5 Å². The van der Waals surface area contributed by atoms with Gasteiger partial charge in [0.25, 0.3) is 0 Å². The molecule has 0 heterocycles. The van der Waals surface area contributed by atoms with Crippen LogP contribution in [0.25, 0.3) is 0 Å². The number of nitrogen functional groups attached to an aromatic ring is 1. The molecule has 0 aliphatic carbocycles. The summed E-state index contributed by atoms with van der Waals surface area (Å²) in [5, 5.41) is 0. The number of halogens is 1. The Morgan fingerprint density at radius 1 is 0.941 bits per heavy atom. The van der Waals surface area contributed by atoms with Crippen LogP contribution in [0.4, 0.5) is 10.1 Å². The Morgan fingerprint density at radius 3 is 2.47 bits per heavy atom. The van der Waals surface area contributed by atoms with E-state index in [2.05, 4.69) is 12.1 Å². The van der Waals surface area contributed by atoms with Crippen molar-refractivity contribution in [1.29, 1.82) is 0 Å². The Labute approximate surface area is 105 Å². The predicted molar refractivity (Wildman–Crippen MR) is 72.3 cm³/mol. The zero-order valence-corrected chi connectivity index (χ0v) is 10.2. The van der Waals surface area contributed by atoms with E-state index in [1.165, 1.54) is 5.56 Å². The molecule has 0 saturated heterocycles. The minimum Gasteiger partial charge on any atom is -0.396 e. The fourth-order valence-electron chi connectivity index (χ4n) is 1.56. The Kier molecular flexibility index (Phi) is 4.04. The number of thioether (sulfide) groups is 1. The molecule has 17 heavy (non-hydrogen) atoms. The minimum absolute atomic E-state index is 0.225. The maximum atomic E-state index is 13.6. The number of benzene rings is 2. The first-order valence-corrected chi connectivity index (χ1v) is 6.57. The van der Waals surface area contributed by atoms with Gasteiger partial charge in [-0.25, -0.2) is 4.39 Å². The number of rotatable bonds is 4. The summed E-state index contributed by atoms with van der Waals surface area (Å²) in [7, 11) is 0. The van der Waals surface area contributed by atoms with Gasteiger partial charge in [-0.05, 0) is 17.2 Å². The van der Waals surface area contributed by atoms with Gasteiger partial charge in [0.1, 0.15) is 5.82 Å². The van der Waals surface area contributed by atoms with E-state index in [-0.39, 0.29) is 11.5 Å². The summed E-state index contributed by atoms with van der Waals surface area (Å²) in [6.07, 6.45) is 0. The van der Waals surface area contributed by atoms with Gasteiger partial charge in [-0.3, -0.25) is 0 Å². The SMILES string of the molecule is Nc1cccc(CSCc2ccccc2)c1F. The predicted octanol–water partition coefficient (Wildman–Crippen LogP) is 3.84. The summed E-state index contributed by atoms with van der Waals surface area (Å²) in [5.41, 5.74) is 7.67. The van der Waals surface area contributed by atoms with Gasteiger partial charge in [0, 0.05) is 11.5 Å². The van der Waals surface area contributed by atoms with Gasteiger partial charge in [-0.2, -0.15) is 11.8 Å². The summed E-state index contributed by atoms with van der Waals surface area (Å²) in [6, 6.07) is 15.3. The Bertz CT molecular complexity index is 485. The average Bonchev–Trinajstić information content (AvgIpc) is 2.36. The van der Waals surface area contributed by atoms with Gasteiger partial charge in [0.2, 0.25) is 0 Å². The average molecular weight is 247 g/mol. The summed E-state index contributed by atoms with van der Waals surface area (Å²) in [6.45, 7) is 0. The molecule has 0 aliphatic rings. The van der Waals surface area contributed by atoms with E-state index in [1.54, 1.807) is 30.0 Å². The normalized spacial score (nSPS) is 10.4. The van der Waals surface area contributed by atoms with E-state index >= 15 is 0 Å². The molecule has 2 aromatic rings. The van der Waals surface area contributed by atoms with Crippen LogP contribution >= 0.6 is 11.8 Å². The molecule has 0 spiro atoms. The molecule has 1 nitrogen and oxygen atoms in total. The van der Waals surface area contributed by atoms with Crippen molar-refractivity contribution in [1.82, 2.24) is 0 Å². The zero-order chi connectivity index (χ0) is 12.1. The van der Waals surface area contributed by atoms with Crippen molar-refractivity contribution in [2.24, 2.45) is 0 Å². The van der Waals surface area contributed by atoms with Crippen LogP contribution in [0.5, 0.6) is 0 Å². The van der Waals surface area contributed by atoms with Crippen molar-refractivity contribution in [3.05, 3.63) is 65.5 Å². The lowest BCUT2D eigenvalue weighted by atomic mass is 10.2. The highest BCUT2D eigenvalue weighted by Gasteiger charge is 2.04. The fourth-order valence-corrected chi connectivity index (χ4v) is 2.54. The number of hydrogen-bond acceptors (Lipinski definition) is 2. The highest BCUT2D eigenvalue weighted by atomic mass is 32.2. The molecular weight excluding hydrogens is 233 g/mol. The molecular formula is C14H14FNS. The first kappa shape index (κ1) is 12.0. The Morgan fingerprint density at radius 2 is 1.71 bits per heavy atom. The van der Waals surface area contributed by atoms with Crippen LogP contribution in [-0.4, -0.2) is 0 Å². The molecule has 0 unspecified atom stereocenters. The topological polar surface area (TPSA) is 26.0 Å². The Hall–Kier alpha value is -1.48. The third-order valence-corrected chi connectivity index (χ3v) is 3.53. The van der Waals surface area contributed by atoms with Gasteiger partial charge in [-0.15, -0.1) is 0 Å². The lowest BCUT2D eigenvalue weighted by molar-refractivity contribution is 0.622. The van der Waals surface area contributed by atoms with E-state index in [0.717, 1.165) is 5.75 Å². The van der Waals surface area contributed by atoms with Crippen molar-refractivity contribution >= 4 is 17.4 Å². The lowest BCUT2D eigenvalue weighted by Crippen LogP contribution is -1.95. The number of nitrogens with two attached hydrogens (primary N) is 1. The van der Waals surface area contributed by atoms with Crippen molar-refractivity contribution < 1.29 is 4.39 Å². The summed E-state index contributed by atoms with van der Waals surface area (Å²) < 4.78 is 13.6. The third-order valence-electron chi connectivity index (χ3n) is 2.48. The molecule has 0 amide bonds. The van der Waals surface area contributed by atoms with Gasteiger partial charge in [-0.1, -0.05) is 42.5 Å². The lowest BCUT2D eigenvalue weighted by Gasteiger charge is -2.05. The van der Waals surface area contributed by atoms with E-state index in [1.807, 2.05) is 18.2 Å². The summed E-state index contributed by atoms with van der Waals surface area (Å²) in [5.74, 6) is 1.24. The van der Waals surface area contributed by atoms with Crippen molar-refractivity contribution in [2.45, 2.75) is 11.5 Å². The van der Waals surface area contributed by atoms with Gasteiger partial charge in [0.05, 0.1) is 5.69 Å². The van der Waals surface area contributed by atoms with Gasteiger partial charge < -0.3 is 5.73 Å². The maximum absolute atomic E-state index is 13.6. The first-order valence-electron chi connectivity index (χ1n) is 5.42. The highest BCUT2D eigenvalue weighted by molar-refractivity contribution is 7.97.